The highest BCUT2D eigenvalue weighted by Gasteiger charge is 2.15. The van der Waals surface area contributed by atoms with Crippen LogP contribution in [0.4, 0.5) is 0 Å². The van der Waals surface area contributed by atoms with Crippen molar-refractivity contribution in [1.82, 2.24) is 4.98 Å². The van der Waals surface area contributed by atoms with Crippen LogP contribution in [0.3, 0.4) is 0 Å². The highest BCUT2D eigenvalue weighted by atomic mass is 35.5. The van der Waals surface area contributed by atoms with E-state index in [1.54, 1.807) is 17.4 Å². The number of halogens is 2. The summed E-state index contributed by atoms with van der Waals surface area (Å²) in [5.74, 6) is 0. The van der Waals surface area contributed by atoms with Gasteiger partial charge in [0.15, 0.2) is 0 Å². The van der Waals surface area contributed by atoms with Crippen molar-refractivity contribution in [2.24, 2.45) is 5.73 Å². The van der Waals surface area contributed by atoms with E-state index in [0.29, 0.717) is 16.5 Å². The number of fused-ring (bicyclic) bond motifs is 1. The van der Waals surface area contributed by atoms with Gasteiger partial charge in [0.05, 0.1) is 25.3 Å². The molecule has 3 aromatic rings. The molecular formula is C15H12Cl2N2S. The summed E-state index contributed by atoms with van der Waals surface area (Å²) >= 11 is 13.9. The molecule has 0 aliphatic rings. The standard InChI is InChI=1S/C15H12Cl2N2S/c16-10-5-3-4-9(15(10)17)11(18)8-14-19-12-6-1-2-7-13(12)20-14/h1-7,11H,8,18H2. The van der Waals surface area contributed by atoms with E-state index in [1.165, 1.54) is 4.70 Å². The Morgan fingerprint density at radius 3 is 2.70 bits per heavy atom. The van der Waals surface area contributed by atoms with E-state index in [4.69, 9.17) is 28.9 Å². The van der Waals surface area contributed by atoms with E-state index in [1.807, 2.05) is 30.3 Å². The van der Waals surface area contributed by atoms with Gasteiger partial charge in [0, 0.05) is 12.5 Å². The molecule has 102 valence electrons. The number of thiazole rings is 1. The van der Waals surface area contributed by atoms with E-state index in [-0.39, 0.29) is 6.04 Å². The number of hydrogen-bond acceptors (Lipinski definition) is 3. The third-order valence-corrected chi connectivity index (χ3v) is 5.01. The second-order valence-corrected chi connectivity index (χ2v) is 6.43. The zero-order valence-electron chi connectivity index (χ0n) is 10.5. The van der Waals surface area contributed by atoms with E-state index in [9.17, 15) is 0 Å². The van der Waals surface area contributed by atoms with Crippen LogP contribution < -0.4 is 5.73 Å². The third kappa shape index (κ3) is 2.67. The zero-order chi connectivity index (χ0) is 14.1. The molecule has 0 radical (unpaired) electrons. The predicted molar refractivity (Wildman–Crippen MR) is 86.7 cm³/mol. The Kier molecular flexibility index (Phi) is 3.94. The van der Waals surface area contributed by atoms with Crippen LogP contribution in [0.2, 0.25) is 10.0 Å². The van der Waals surface area contributed by atoms with Gasteiger partial charge in [-0.1, -0.05) is 47.5 Å². The van der Waals surface area contributed by atoms with Crippen molar-refractivity contribution >= 4 is 44.8 Å². The second kappa shape index (κ2) is 5.70. The van der Waals surface area contributed by atoms with Crippen molar-refractivity contribution in [2.75, 3.05) is 0 Å². The Balaban J connectivity index is 1.88. The minimum atomic E-state index is -0.207. The lowest BCUT2D eigenvalue weighted by Gasteiger charge is -2.12. The molecule has 0 saturated carbocycles. The summed E-state index contributed by atoms with van der Waals surface area (Å²) in [5.41, 5.74) is 8.11. The molecule has 3 rings (SSSR count). The van der Waals surface area contributed by atoms with Gasteiger partial charge in [0.2, 0.25) is 0 Å². The smallest absolute Gasteiger partial charge is 0.0957 e. The summed E-state index contributed by atoms with van der Waals surface area (Å²) < 4.78 is 1.17. The van der Waals surface area contributed by atoms with Crippen LogP contribution >= 0.6 is 34.5 Å². The summed E-state index contributed by atoms with van der Waals surface area (Å²) in [6.45, 7) is 0. The van der Waals surface area contributed by atoms with Gasteiger partial charge in [-0.25, -0.2) is 4.98 Å². The maximum atomic E-state index is 6.24. The fourth-order valence-corrected chi connectivity index (χ4v) is 3.59. The van der Waals surface area contributed by atoms with Gasteiger partial charge in [-0.15, -0.1) is 11.3 Å². The number of nitrogens with zero attached hydrogens (tertiary/aromatic N) is 1. The lowest BCUT2D eigenvalue weighted by molar-refractivity contribution is 0.719. The molecule has 1 atom stereocenters. The molecule has 2 aromatic carbocycles. The maximum Gasteiger partial charge on any atom is 0.0957 e. The van der Waals surface area contributed by atoms with Crippen molar-refractivity contribution < 1.29 is 0 Å². The van der Waals surface area contributed by atoms with Gasteiger partial charge < -0.3 is 5.73 Å². The average Bonchev–Trinajstić information content (AvgIpc) is 2.83. The first-order valence-corrected chi connectivity index (χ1v) is 7.76. The Labute approximate surface area is 131 Å². The molecule has 1 unspecified atom stereocenters. The number of hydrogen-bond donors (Lipinski definition) is 1. The van der Waals surface area contributed by atoms with Crippen molar-refractivity contribution in [2.45, 2.75) is 12.5 Å². The summed E-state index contributed by atoms with van der Waals surface area (Å²) in [6, 6.07) is 13.4. The molecule has 0 fully saturated rings. The fraction of sp³-hybridized carbons (Fsp3) is 0.133. The zero-order valence-corrected chi connectivity index (χ0v) is 12.8. The lowest BCUT2D eigenvalue weighted by Crippen LogP contribution is -2.13. The molecule has 20 heavy (non-hydrogen) atoms. The van der Waals surface area contributed by atoms with Crippen molar-refractivity contribution in [3.8, 4) is 0 Å². The number of aromatic nitrogens is 1. The number of rotatable bonds is 3. The summed E-state index contributed by atoms with van der Waals surface area (Å²) in [5, 5.41) is 2.07. The van der Waals surface area contributed by atoms with Crippen LogP contribution in [0, 0.1) is 0 Å². The van der Waals surface area contributed by atoms with Gasteiger partial charge >= 0.3 is 0 Å². The van der Waals surface area contributed by atoms with Crippen LogP contribution in [0.25, 0.3) is 10.2 Å². The Hall–Kier alpha value is -1.13. The fourth-order valence-electron chi connectivity index (χ4n) is 2.11. The largest absolute Gasteiger partial charge is 0.324 e. The van der Waals surface area contributed by atoms with Gasteiger partial charge in [0.1, 0.15) is 0 Å². The highest BCUT2D eigenvalue weighted by molar-refractivity contribution is 7.18. The van der Waals surface area contributed by atoms with Crippen LogP contribution in [0.5, 0.6) is 0 Å². The maximum absolute atomic E-state index is 6.24. The second-order valence-electron chi connectivity index (χ2n) is 4.53. The van der Waals surface area contributed by atoms with Crippen molar-refractivity contribution in [3.05, 3.63) is 63.1 Å². The van der Waals surface area contributed by atoms with Gasteiger partial charge in [-0.3, -0.25) is 0 Å². The minimum absolute atomic E-state index is 0.207. The van der Waals surface area contributed by atoms with Crippen molar-refractivity contribution in [3.63, 3.8) is 0 Å². The summed E-state index contributed by atoms with van der Waals surface area (Å²) in [6.07, 6.45) is 0.652. The van der Waals surface area contributed by atoms with E-state index >= 15 is 0 Å². The van der Waals surface area contributed by atoms with Gasteiger partial charge in [0.25, 0.3) is 0 Å². The van der Waals surface area contributed by atoms with Crippen LogP contribution in [-0.4, -0.2) is 4.98 Å². The first-order chi connectivity index (χ1) is 9.65. The average molecular weight is 323 g/mol. The van der Waals surface area contributed by atoms with Gasteiger partial charge in [-0.05, 0) is 23.8 Å². The van der Waals surface area contributed by atoms with Crippen LogP contribution in [-0.2, 0) is 6.42 Å². The monoisotopic (exact) mass is 322 g/mol. The molecule has 0 spiro atoms. The number of benzene rings is 2. The first kappa shape index (κ1) is 13.8. The number of nitrogens with two attached hydrogens (primary N) is 1. The van der Waals surface area contributed by atoms with Crippen LogP contribution in [0.15, 0.2) is 42.5 Å². The highest BCUT2D eigenvalue weighted by Crippen LogP contribution is 2.31. The molecule has 0 saturated heterocycles. The molecule has 0 amide bonds. The Bertz CT molecular complexity index is 721. The predicted octanol–water partition coefficient (Wildman–Crippen LogP) is 4.85. The molecule has 0 aliphatic carbocycles. The van der Waals surface area contributed by atoms with E-state index in [0.717, 1.165) is 16.1 Å². The van der Waals surface area contributed by atoms with E-state index in [2.05, 4.69) is 11.1 Å². The Morgan fingerprint density at radius 2 is 1.90 bits per heavy atom. The topological polar surface area (TPSA) is 38.9 Å². The third-order valence-electron chi connectivity index (χ3n) is 3.11. The molecule has 5 heteroatoms. The Morgan fingerprint density at radius 1 is 1.10 bits per heavy atom. The molecule has 0 aliphatic heterocycles. The molecule has 2 N–H and O–H groups in total. The SMILES string of the molecule is NC(Cc1nc2ccccc2s1)c1cccc(Cl)c1Cl. The minimum Gasteiger partial charge on any atom is -0.324 e. The van der Waals surface area contributed by atoms with E-state index < -0.39 is 0 Å². The number of para-hydroxylation sites is 1. The molecular weight excluding hydrogens is 311 g/mol. The molecule has 1 heterocycles. The van der Waals surface area contributed by atoms with Crippen molar-refractivity contribution in [1.29, 1.82) is 0 Å². The summed E-state index contributed by atoms with van der Waals surface area (Å²) in [7, 11) is 0. The molecule has 1 aromatic heterocycles. The molecule has 2 nitrogen and oxygen atoms in total. The summed E-state index contributed by atoms with van der Waals surface area (Å²) in [4.78, 5) is 4.59. The first-order valence-electron chi connectivity index (χ1n) is 6.19. The van der Waals surface area contributed by atoms with Crippen LogP contribution in [0.1, 0.15) is 16.6 Å². The lowest BCUT2D eigenvalue weighted by atomic mass is 10.1. The quantitative estimate of drug-likeness (QED) is 0.748. The normalized spacial score (nSPS) is 12.8. The molecule has 0 bridgehead atoms. The van der Waals surface area contributed by atoms with Gasteiger partial charge in [-0.2, -0.15) is 0 Å².